The van der Waals surface area contributed by atoms with Gasteiger partial charge in [0.25, 0.3) is 0 Å². The van der Waals surface area contributed by atoms with E-state index in [0.29, 0.717) is 11.5 Å². The zero-order valence-electron chi connectivity index (χ0n) is 12.0. The molecular weight excluding hydrogens is 272 g/mol. The number of aryl methyl sites for hydroxylation is 3. The standard InChI is InChI=1S/C15H20N2O2S/c1-3-6-13-11-14(20-12(13)2)15(18)19-10-5-9-17-8-4-7-16-17/h4,7-8,11H,3,5-6,9-10H2,1-2H3. The SMILES string of the molecule is CCCc1cc(C(=O)OCCCn2cccn2)sc1C. The molecule has 20 heavy (non-hydrogen) atoms. The first kappa shape index (κ1) is 14.8. The van der Waals surface area contributed by atoms with Crippen molar-refractivity contribution in [2.75, 3.05) is 6.61 Å². The van der Waals surface area contributed by atoms with E-state index < -0.39 is 0 Å². The fourth-order valence-electron chi connectivity index (χ4n) is 2.03. The molecule has 0 radical (unpaired) electrons. The van der Waals surface area contributed by atoms with Crippen molar-refractivity contribution in [1.82, 2.24) is 9.78 Å². The molecule has 0 bridgehead atoms. The molecule has 0 aliphatic carbocycles. The van der Waals surface area contributed by atoms with Crippen LogP contribution in [0.1, 0.15) is 39.9 Å². The minimum absolute atomic E-state index is 0.207. The third kappa shape index (κ3) is 3.93. The summed E-state index contributed by atoms with van der Waals surface area (Å²) in [6, 6.07) is 3.86. The van der Waals surface area contributed by atoms with Gasteiger partial charge in [0, 0.05) is 30.2 Å². The quantitative estimate of drug-likeness (QED) is 0.580. The predicted octanol–water partition coefficient (Wildman–Crippen LogP) is 3.45. The molecule has 0 atom stereocenters. The normalized spacial score (nSPS) is 10.7. The van der Waals surface area contributed by atoms with E-state index in [1.165, 1.54) is 21.8 Å². The first-order chi connectivity index (χ1) is 9.70. The van der Waals surface area contributed by atoms with E-state index in [1.54, 1.807) is 6.20 Å². The zero-order chi connectivity index (χ0) is 14.4. The highest BCUT2D eigenvalue weighted by Gasteiger charge is 2.13. The fourth-order valence-corrected chi connectivity index (χ4v) is 3.00. The Kier molecular flexibility index (Phi) is 5.35. The van der Waals surface area contributed by atoms with Crippen LogP contribution in [0.4, 0.5) is 0 Å². The lowest BCUT2D eigenvalue weighted by Crippen LogP contribution is -2.07. The maximum absolute atomic E-state index is 11.9. The summed E-state index contributed by atoms with van der Waals surface area (Å²) in [5.41, 5.74) is 1.26. The number of hydrogen-bond donors (Lipinski definition) is 0. The number of thiophene rings is 1. The number of hydrogen-bond acceptors (Lipinski definition) is 4. The maximum Gasteiger partial charge on any atom is 0.348 e. The Morgan fingerprint density at radius 3 is 3.05 bits per heavy atom. The second-order valence-corrected chi connectivity index (χ2v) is 5.96. The summed E-state index contributed by atoms with van der Waals surface area (Å²) in [5.74, 6) is -0.207. The highest BCUT2D eigenvalue weighted by atomic mass is 32.1. The number of esters is 1. The molecule has 0 aromatic carbocycles. The molecule has 0 saturated heterocycles. The highest BCUT2D eigenvalue weighted by molar-refractivity contribution is 7.14. The summed E-state index contributed by atoms with van der Waals surface area (Å²) >= 11 is 1.53. The van der Waals surface area contributed by atoms with Crippen molar-refractivity contribution in [3.63, 3.8) is 0 Å². The summed E-state index contributed by atoms with van der Waals surface area (Å²) in [5, 5.41) is 4.10. The van der Waals surface area contributed by atoms with Crippen LogP contribution in [0.5, 0.6) is 0 Å². The van der Waals surface area contributed by atoms with Gasteiger partial charge in [0.15, 0.2) is 0 Å². The second kappa shape index (κ2) is 7.24. The van der Waals surface area contributed by atoms with Crippen LogP contribution < -0.4 is 0 Å². The summed E-state index contributed by atoms with van der Waals surface area (Å²) in [4.78, 5) is 13.9. The lowest BCUT2D eigenvalue weighted by atomic mass is 10.1. The van der Waals surface area contributed by atoms with E-state index in [4.69, 9.17) is 4.74 Å². The van der Waals surface area contributed by atoms with E-state index >= 15 is 0 Å². The molecule has 2 heterocycles. The maximum atomic E-state index is 11.9. The number of carbonyl (C=O) groups is 1. The van der Waals surface area contributed by atoms with Crippen molar-refractivity contribution in [2.24, 2.45) is 0 Å². The van der Waals surface area contributed by atoms with Crippen molar-refractivity contribution in [1.29, 1.82) is 0 Å². The second-order valence-electron chi connectivity index (χ2n) is 4.70. The molecule has 0 spiro atoms. The molecular formula is C15H20N2O2S. The Balaban J connectivity index is 1.78. The average Bonchev–Trinajstić information content (AvgIpc) is 3.06. The van der Waals surface area contributed by atoms with Crippen molar-refractivity contribution >= 4 is 17.3 Å². The van der Waals surface area contributed by atoms with Gasteiger partial charge < -0.3 is 4.74 Å². The van der Waals surface area contributed by atoms with Crippen molar-refractivity contribution in [3.05, 3.63) is 39.8 Å². The van der Waals surface area contributed by atoms with Crippen molar-refractivity contribution < 1.29 is 9.53 Å². The molecule has 0 N–H and O–H groups in total. The minimum Gasteiger partial charge on any atom is -0.461 e. The Morgan fingerprint density at radius 2 is 2.35 bits per heavy atom. The van der Waals surface area contributed by atoms with Crippen LogP contribution in [0.15, 0.2) is 24.5 Å². The Labute approximate surface area is 123 Å². The van der Waals surface area contributed by atoms with Crippen LogP contribution in [0, 0.1) is 6.92 Å². The molecule has 0 amide bonds. The summed E-state index contributed by atoms with van der Waals surface area (Å²) in [6.07, 6.45) is 6.54. The van der Waals surface area contributed by atoms with E-state index in [2.05, 4.69) is 18.9 Å². The van der Waals surface area contributed by atoms with Gasteiger partial charge in [-0.15, -0.1) is 11.3 Å². The van der Waals surface area contributed by atoms with Gasteiger partial charge in [-0.05, 0) is 31.0 Å². The Bertz CT molecular complexity index is 546. The van der Waals surface area contributed by atoms with Crippen molar-refractivity contribution in [2.45, 2.75) is 39.7 Å². The lowest BCUT2D eigenvalue weighted by Gasteiger charge is -2.03. The third-order valence-corrected chi connectivity index (χ3v) is 4.14. The first-order valence-corrected chi connectivity index (χ1v) is 7.76. The van der Waals surface area contributed by atoms with Crippen LogP contribution in [-0.4, -0.2) is 22.4 Å². The summed E-state index contributed by atoms with van der Waals surface area (Å²) < 4.78 is 7.14. The van der Waals surface area contributed by atoms with E-state index in [0.717, 1.165) is 25.8 Å². The van der Waals surface area contributed by atoms with E-state index in [9.17, 15) is 4.79 Å². The Hall–Kier alpha value is -1.62. The average molecular weight is 292 g/mol. The van der Waals surface area contributed by atoms with Crippen LogP contribution in [0.3, 0.4) is 0 Å². The fraction of sp³-hybridized carbons (Fsp3) is 0.467. The van der Waals surface area contributed by atoms with Crippen LogP contribution in [0.2, 0.25) is 0 Å². The molecule has 0 aliphatic rings. The number of rotatable bonds is 7. The molecule has 108 valence electrons. The minimum atomic E-state index is -0.207. The molecule has 0 fully saturated rings. The van der Waals surface area contributed by atoms with E-state index in [-0.39, 0.29) is 5.97 Å². The van der Waals surface area contributed by atoms with Crippen molar-refractivity contribution in [3.8, 4) is 0 Å². The van der Waals surface area contributed by atoms with Gasteiger partial charge >= 0.3 is 5.97 Å². The summed E-state index contributed by atoms with van der Waals surface area (Å²) in [6.45, 7) is 5.40. The predicted molar refractivity (Wildman–Crippen MR) is 80.2 cm³/mol. The lowest BCUT2D eigenvalue weighted by molar-refractivity contribution is 0.0500. The van der Waals surface area contributed by atoms with E-state index in [1.807, 2.05) is 23.0 Å². The van der Waals surface area contributed by atoms with Gasteiger partial charge in [-0.25, -0.2) is 4.79 Å². The van der Waals surface area contributed by atoms with Gasteiger partial charge in [-0.3, -0.25) is 4.68 Å². The van der Waals surface area contributed by atoms with Crippen LogP contribution in [0.25, 0.3) is 0 Å². The first-order valence-electron chi connectivity index (χ1n) is 6.94. The number of aromatic nitrogens is 2. The molecule has 0 unspecified atom stereocenters. The number of nitrogens with zero attached hydrogens (tertiary/aromatic N) is 2. The third-order valence-electron chi connectivity index (χ3n) is 3.07. The number of carbonyl (C=O) groups excluding carboxylic acids is 1. The molecule has 4 nitrogen and oxygen atoms in total. The molecule has 0 saturated carbocycles. The molecule has 2 rings (SSSR count). The van der Waals surface area contributed by atoms with Gasteiger partial charge in [-0.2, -0.15) is 5.10 Å². The van der Waals surface area contributed by atoms with Gasteiger partial charge in [0.1, 0.15) is 4.88 Å². The Morgan fingerprint density at radius 1 is 1.50 bits per heavy atom. The van der Waals surface area contributed by atoms with Gasteiger partial charge in [0.05, 0.1) is 6.61 Å². The number of ether oxygens (including phenoxy) is 1. The smallest absolute Gasteiger partial charge is 0.348 e. The highest BCUT2D eigenvalue weighted by Crippen LogP contribution is 2.23. The van der Waals surface area contributed by atoms with Crippen LogP contribution >= 0.6 is 11.3 Å². The molecule has 2 aromatic rings. The zero-order valence-corrected chi connectivity index (χ0v) is 12.8. The topological polar surface area (TPSA) is 44.1 Å². The van der Waals surface area contributed by atoms with Gasteiger partial charge in [-0.1, -0.05) is 13.3 Å². The monoisotopic (exact) mass is 292 g/mol. The largest absolute Gasteiger partial charge is 0.461 e. The summed E-state index contributed by atoms with van der Waals surface area (Å²) in [7, 11) is 0. The molecule has 0 aliphatic heterocycles. The van der Waals surface area contributed by atoms with Crippen LogP contribution in [-0.2, 0) is 17.7 Å². The molecule has 2 aromatic heterocycles. The van der Waals surface area contributed by atoms with Gasteiger partial charge in [0.2, 0.25) is 0 Å². The molecule has 5 heteroatoms.